The summed E-state index contributed by atoms with van der Waals surface area (Å²) in [6.07, 6.45) is 0. The first-order chi connectivity index (χ1) is 16.8. The number of likely N-dealkylation sites (N-methyl/N-ethyl adjacent to an activating group) is 2. The number of carbonyl (C=O) groups excluding carboxylic acids is 3. The highest BCUT2D eigenvalue weighted by atomic mass is 32.1. The predicted molar refractivity (Wildman–Crippen MR) is 140 cm³/mol. The minimum atomic E-state index is -0.468. The molecule has 0 aliphatic carbocycles. The Morgan fingerprint density at radius 2 is 1.77 bits per heavy atom. The standard InChI is InChI=1S/C26H26N4O4S/c1-29(2)14-22(31)30(3)19-8-6-18(7-9-19)27-24(17-11-12-35-15-17)23-20-10-5-16(26(33)34-4)13-21(20)28-25(23)32/h5-13,15,27H,14H2,1-4H3,(H,28,32)/b24-23-. The fourth-order valence-corrected chi connectivity index (χ4v) is 4.43. The van der Waals surface area contributed by atoms with Gasteiger partial charge in [0.05, 0.1) is 36.2 Å². The van der Waals surface area contributed by atoms with Gasteiger partial charge in [0.2, 0.25) is 5.91 Å². The zero-order valence-corrected chi connectivity index (χ0v) is 20.7. The molecule has 2 aromatic carbocycles. The molecule has 1 aliphatic rings. The Morgan fingerprint density at radius 3 is 2.40 bits per heavy atom. The lowest BCUT2D eigenvalue weighted by atomic mass is 10.00. The van der Waals surface area contributed by atoms with E-state index in [1.54, 1.807) is 30.1 Å². The summed E-state index contributed by atoms with van der Waals surface area (Å²) in [5.74, 6) is -0.742. The maximum absolute atomic E-state index is 13.0. The molecule has 0 saturated heterocycles. The van der Waals surface area contributed by atoms with E-state index in [0.29, 0.717) is 34.6 Å². The quantitative estimate of drug-likeness (QED) is 0.384. The fourth-order valence-electron chi connectivity index (χ4n) is 3.78. The number of benzene rings is 2. The van der Waals surface area contributed by atoms with Gasteiger partial charge in [-0.1, -0.05) is 6.07 Å². The van der Waals surface area contributed by atoms with Gasteiger partial charge < -0.3 is 25.2 Å². The molecule has 8 nitrogen and oxygen atoms in total. The van der Waals surface area contributed by atoms with Crippen molar-refractivity contribution in [2.75, 3.05) is 50.3 Å². The van der Waals surface area contributed by atoms with Gasteiger partial charge in [0.1, 0.15) is 0 Å². The van der Waals surface area contributed by atoms with Crippen LogP contribution in [-0.4, -0.2) is 57.5 Å². The molecule has 1 aliphatic heterocycles. The lowest BCUT2D eigenvalue weighted by molar-refractivity contribution is -0.119. The summed E-state index contributed by atoms with van der Waals surface area (Å²) in [5.41, 5.74) is 5.15. The minimum Gasteiger partial charge on any atom is -0.465 e. The molecule has 35 heavy (non-hydrogen) atoms. The SMILES string of the molecule is COC(=O)c1ccc2c(c1)NC(=O)/C2=C(\Nc1ccc(N(C)C(=O)CN(C)C)cc1)c1ccsc1. The molecule has 1 aromatic heterocycles. The number of thiophene rings is 1. The molecule has 0 saturated carbocycles. The number of hydrogen-bond acceptors (Lipinski definition) is 7. The summed E-state index contributed by atoms with van der Waals surface area (Å²) in [6, 6.07) is 14.4. The van der Waals surface area contributed by atoms with Crippen molar-refractivity contribution in [1.29, 1.82) is 0 Å². The van der Waals surface area contributed by atoms with Gasteiger partial charge in [-0.3, -0.25) is 9.59 Å². The summed E-state index contributed by atoms with van der Waals surface area (Å²) in [4.78, 5) is 40.8. The van der Waals surface area contributed by atoms with Gasteiger partial charge in [0.25, 0.3) is 5.91 Å². The van der Waals surface area contributed by atoms with Crippen molar-refractivity contribution in [3.8, 4) is 0 Å². The smallest absolute Gasteiger partial charge is 0.337 e. The second kappa shape index (κ2) is 10.1. The number of carbonyl (C=O) groups is 3. The number of hydrogen-bond donors (Lipinski definition) is 2. The molecule has 2 N–H and O–H groups in total. The number of amides is 2. The maximum Gasteiger partial charge on any atom is 0.337 e. The van der Waals surface area contributed by atoms with Crippen LogP contribution in [0.5, 0.6) is 0 Å². The monoisotopic (exact) mass is 490 g/mol. The maximum atomic E-state index is 13.0. The van der Waals surface area contributed by atoms with Gasteiger partial charge in [0, 0.05) is 34.9 Å². The average molecular weight is 491 g/mol. The Hall–Kier alpha value is -3.95. The number of ether oxygens (including phenoxy) is 1. The van der Waals surface area contributed by atoms with Crippen LogP contribution in [0.25, 0.3) is 11.3 Å². The van der Waals surface area contributed by atoms with Crippen molar-refractivity contribution in [1.82, 2.24) is 4.90 Å². The second-order valence-electron chi connectivity index (χ2n) is 8.33. The summed E-state index contributed by atoms with van der Waals surface area (Å²) in [5, 5.41) is 10.2. The van der Waals surface area contributed by atoms with Crippen LogP contribution in [0.2, 0.25) is 0 Å². The number of methoxy groups -OCH3 is 1. The Balaban J connectivity index is 1.68. The summed E-state index contributed by atoms with van der Waals surface area (Å²) < 4.78 is 4.79. The van der Waals surface area contributed by atoms with Crippen LogP contribution < -0.4 is 15.5 Å². The number of rotatable bonds is 7. The number of nitrogens with one attached hydrogen (secondary N) is 2. The van der Waals surface area contributed by atoms with Crippen molar-refractivity contribution < 1.29 is 19.1 Å². The lowest BCUT2D eigenvalue weighted by Gasteiger charge is -2.20. The molecule has 0 unspecified atom stereocenters. The van der Waals surface area contributed by atoms with E-state index in [1.807, 2.05) is 60.1 Å². The zero-order chi connectivity index (χ0) is 25.1. The summed E-state index contributed by atoms with van der Waals surface area (Å²) in [6.45, 7) is 0.317. The largest absolute Gasteiger partial charge is 0.465 e. The third kappa shape index (κ3) is 5.11. The Labute approximate surface area is 207 Å². The van der Waals surface area contributed by atoms with E-state index in [4.69, 9.17) is 4.74 Å². The van der Waals surface area contributed by atoms with E-state index in [9.17, 15) is 14.4 Å². The van der Waals surface area contributed by atoms with Crippen molar-refractivity contribution in [2.24, 2.45) is 0 Å². The van der Waals surface area contributed by atoms with Crippen LogP contribution in [0.1, 0.15) is 21.5 Å². The first-order valence-corrected chi connectivity index (χ1v) is 11.8. The van der Waals surface area contributed by atoms with Crippen molar-refractivity contribution in [3.05, 3.63) is 76.0 Å². The molecule has 0 bridgehead atoms. The van der Waals surface area contributed by atoms with Crippen LogP contribution in [0, 0.1) is 0 Å². The van der Waals surface area contributed by atoms with Gasteiger partial charge in [-0.15, -0.1) is 0 Å². The van der Waals surface area contributed by atoms with E-state index < -0.39 is 5.97 Å². The molecule has 2 heterocycles. The van der Waals surface area contributed by atoms with Gasteiger partial charge in [-0.05, 0) is 61.9 Å². The Kier molecular flexibility index (Phi) is 6.99. The molecule has 0 radical (unpaired) electrons. The van der Waals surface area contributed by atoms with Crippen molar-refractivity contribution in [3.63, 3.8) is 0 Å². The molecular weight excluding hydrogens is 464 g/mol. The van der Waals surface area contributed by atoms with E-state index in [1.165, 1.54) is 18.4 Å². The van der Waals surface area contributed by atoms with E-state index in [2.05, 4.69) is 10.6 Å². The van der Waals surface area contributed by atoms with E-state index >= 15 is 0 Å². The molecular formula is C26H26N4O4S. The molecule has 9 heteroatoms. The summed E-state index contributed by atoms with van der Waals surface area (Å²) in [7, 11) is 6.77. The second-order valence-corrected chi connectivity index (χ2v) is 9.11. The lowest BCUT2D eigenvalue weighted by Crippen LogP contribution is -2.34. The van der Waals surface area contributed by atoms with E-state index in [-0.39, 0.29) is 11.8 Å². The fraction of sp³-hybridized carbons (Fsp3) is 0.192. The van der Waals surface area contributed by atoms with Crippen molar-refractivity contribution >= 4 is 57.5 Å². The van der Waals surface area contributed by atoms with Crippen LogP contribution in [0.15, 0.2) is 59.3 Å². The number of fused-ring (bicyclic) bond motifs is 1. The first-order valence-electron chi connectivity index (χ1n) is 10.9. The Morgan fingerprint density at radius 1 is 1.03 bits per heavy atom. The van der Waals surface area contributed by atoms with Gasteiger partial charge in [0.15, 0.2) is 0 Å². The number of esters is 1. The third-order valence-electron chi connectivity index (χ3n) is 5.59. The molecule has 3 aromatic rings. The van der Waals surface area contributed by atoms with Crippen LogP contribution in [0.4, 0.5) is 17.1 Å². The molecule has 180 valence electrons. The highest BCUT2D eigenvalue weighted by Crippen LogP contribution is 2.38. The molecule has 4 rings (SSSR count). The highest BCUT2D eigenvalue weighted by molar-refractivity contribution is 7.08. The molecule has 0 spiro atoms. The summed E-state index contributed by atoms with van der Waals surface area (Å²) >= 11 is 1.53. The molecule has 2 amide bonds. The molecule has 0 atom stereocenters. The van der Waals surface area contributed by atoms with E-state index in [0.717, 1.165) is 16.9 Å². The minimum absolute atomic E-state index is 0.0117. The zero-order valence-electron chi connectivity index (χ0n) is 19.9. The van der Waals surface area contributed by atoms with Gasteiger partial charge in [-0.2, -0.15) is 11.3 Å². The Bertz CT molecular complexity index is 1300. The molecule has 0 fully saturated rings. The normalized spacial score (nSPS) is 13.8. The topological polar surface area (TPSA) is 91.0 Å². The van der Waals surface area contributed by atoms with Gasteiger partial charge in [-0.25, -0.2) is 4.79 Å². The van der Waals surface area contributed by atoms with Crippen molar-refractivity contribution in [2.45, 2.75) is 0 Å². The third-order valence-corrected chi connectivity index (χ3v) is 6.28. The first kappa shape index (κ1) is 24.2. The average Bonchev–Trinajstić information content (AvgIpc) is 3.48. The number of anilines is 3. The van der Waals surface area contributed by atoms with Crippen LogP contribution >= 0.6 is 11.3 Å². The predicted octanol–water partition coefficient (Wildman–Crippen LogP) is 3.99. The number of nitrogens with zero attached hydrogens (tertiary/aromatic N) is 2. The van der Waals surface area contributed by atoms with Gasteiger partial charge >= 0.3 is 5.97 Å². The van der Waals surface area contributed by atoms with Crippen LogP contribution in [0.3, 0.4) is 0 Å². The van der Waals surface area contributed by atoms with Crippen LogP contribution in [-0.2, 0) is 14.3 Å². The highest BCUT2D eigenvalue weighted by Gasteiger charge is 2.29.